The van der Waals surface area contributed by atoms with Gasteiger partial charge < -0.3 is 20.0 Å². The summed E-state index contributed by atoms with van der Waals surface area (Å²) in [5.41, 5.74) is 6.14. The molecule has 8 nitrogen and oxygen atoms in total. The molecule has 1 aromatic heterocycles. The van der Waals surface area contributed by atoms with Gasteiger partial charge in [0.15, 0.2) is 11.5 Å². The largest absolute Gasteiger partial charge is 0.435 e. The maximum absolute atomic E-state index is 13.6. The van der Waals surface area contributed by atoms with Crippen molar-refractivity contribution in [3.05, 3.63) is 65.4 Å². The van der Waals surface area contributed by atoms with Crippen molar-refractivity contribution in [2.24, 2.45) is 5.73 Å². The van der Waals surface area contributed by atoms with E-state index in [4.69, 9.17) is 10.2 Å². The lowest BCUT2D eigenvalue weighted by atomic mass is 10.1. The Morgan fingerprint density at radius 3 is 2.13 bits per heavy atom. The van der Waals surface area contributed by atoms with Crippen LogP contribution in [0.25, 0.3) is 22.8 Å². The van der Waals surface area contributed by atoms with Crippen LogP contribution in [0, 0.1) is 0 Å². The molecule has 2 aromatic carbocycles. The summed E-state index contributed by atoms with van der Waals surface area (Å²) >= 11 is 0. The van der Waals surface area contributed by atoms with Gasteiger partial charge in [-0.25, -0.2) is 4.98 Å². The smallest absolute Gasteiger partial charge is 0.416 e. The Kier molecular flexibility index (Phi) is 8.17. The van der Waals surface area contributed by atoms with E-state index in [2.05, 4.69) is 14.8 Å². The number of hydrogen-bond donors (Lipinski definition) is 1. The van der Waals surface area contributed by atoms with Gasteiger partial charge in [0, 0.05) is 50.4 Å². The monoisotopic (exact) mass is 529 g/mol. The molecule has 2 heterocycles. The van der Waals surface area contributed by atoms with Gasteiger partial charge in [0.25, 0.3) is 5.91 Å². The average molecular weight is 530 g/mol. The van der Waals surface area contributed by atoms with Gasteiger partial charge in [-0.05, 0) is 43.9 Å². The van der Waals surface area contributed by atoms with Gasteiger partial charge in [-0.1, -0.05) is 24.3 Å². The Hall–Kier alpha value is -3.70. The first-order valence-electron chi connectivity index (χ1n) is 12.2. The molecule has 1 fully saturated rings. The van der Waals surface area contributed by atoms with E-state index in [0.29, 0.717) is 29.8 Å². The lowest BCUT2D eigenvalue weighted by molar-refractivity contribution is -0.137. The van der Waals surface area contributed by atoms with E-state index in [1.165, 1.54) is 12.1 Å². The van der Waals surface area contributed by atoms with Crippen molar-refractivity contribution in [1.82, 2.24) is 19.7 Å². The zero-order chi connectivity index (χ0) is 27.4. The summed E-state index contributed by atoms with van der Waals surface area (Å²) in [5, 5.41) is 0. The highest BCUT2D eigenvalue weighted by Crippen LogP contribution is 2.34. The van der Waals surface area contributed by atoms with Crippen molar-refractivity contribution < 1.29 is 27.2 Å². The Balaban J connectivity index is 1.62. The SMILES string of the molecule is CN(C)CCN1CCN(C(=O)c2nc(-c3ccc(C(F)(F)F)cc3)oc2-c2ccc(CC(N)=O)cc2)CC1. The number of nitrogens with zero attached hydrogens (tertiary/aromatic N) is 4. The lowest BCUT2D eigenvalue weighted by Crippen LogP contribution is -2.50. The summed E-state index contributed by atoms with van der Waals surface area (Å²) in [4.78, 5) is 35.4. The molecule has 4 rings (SSSR count). The fourth-order valence-corrected chi connectivity index (χ4v) is 4.23. The van der Waals surface area contributed by atoms with E-state index in [1.54, 1.807) is 29.2 Å². The van der Waals surface area contributed by atoms with E-state index in [-0.39, 0.29) is 29.7 Å². The van der Waals surface area contributed by atoms with Gasteiger partial charge in [-0.3, -0.25) is 14.5 Å². The van der Waals surface area contributed by atoms with E-state index < -0.39 is 17.6 Å². The average Bonchev–Trinajstić information content (AvgIpc) is 3.32. The second-order valence-corrected chi connectivity index (χ2v) is 9.55. The fraction of sp³-hybridized carbons (Fsp3) is 0.370. The Morgan fingerprint density at radius 2 is 1.58 bits per heavy atom. The van der Waals surface area contributed by atoms with Crippen LogP contribution in [0.3, 0.4) is 0 Å². The number of piperazine rings is 1. The summed E-state index contributed by atoms with van der Waals surface area (Å²) in [6.45, 7) is 4.31. The quantitative estimate of drug-likeness (QED) is 0.481. The molecule has 38 heavy (non-hydrogen) atoms. The summed E-state index contributed by atoms with van der Waals surface area (Å²) < 4.78 is 45.1. The molecule has 0 spiro atoms. The number of carbonyl (C=O) groups excluding carboxylic acids is 2. The number of oxazole rings is 1. The van der Waals surface area contributed by atoms with Crippen LogP contribution in [0.2, 0.25) is 0 Å². The molecule has 1 aliphatic heterocycles. The van der Waals surface area contributed by atoms with Gasteiger partial charge in [0.05, 0.1) is 12.0 Å². The highest BCUT2D eigenvalue weighted by molar-refractivity contribution is 5.98. The van der Waals surface area contributed by atoms with Crippen LogP contribution in [0.4, 0.5) is 13.2 Å². The molecule has 0 aliphatic carbocycles. The molecule has 2 N–H and O–H groups in total. The first kappa shape index (κ1) is 27.3. The highest BCUT2D eigenvalue weighted by atomic mass is 19.4. The van der Waals surface area contributed by atoms with Crippen molar-refractivity contribution in [3.8, 4) is 22.8 Å². The van der Waals surface area contributed by atoms with Crippen LogP contribution in [-0.4, -0.2) is 84.9 Å². The number of rotatable bonds is 8. The molecule has 2 amide bonds. The fourth-order valence-electron chi connectivity index (χ4n) is 4.23. The Bertz CT molecular complexity index is 1260. The maximum atomic E-state index is 13.6. The van der Waals surface area contributed by atoms with Gasteiger partial charge in [-0.2, -0.15) is 13.2 Å². The maximum Gasteiger partial charge on any atom is 0.416 e. The summed E-state index contributed by atoms with van der Waals surface area (Å²) in [6.07, 6.45) is -4.40. The third-order valence-corrected chi connectivity index (χ3v) is 6.41. The zero-order valence-corrected chi connectivity index (χ0v) is 21.3. The Morgan fingerprint density at radius 1 is 0.974 bits per heavy atom. The predicted octanol–water partition coefficient (Wildman–Crippen LogP) is 3.37. The summed E-state index contributed by atoms with van der Waals surface area (Å²) in [7, 11) is 4.03. The minimum Gasteiger partial charge on any atom is -0.435 e. The molecule has 0 bridgehead atoms. The lowest BCUT2D eigenvalue weighted by Gasteiger charge is -2.34. The van der Waals surface area contributed by atoms with Crippen molar-refractivity contribution in [1.29, 1.82) is 0 Å². The number of carbonyl (C=O) groups is 2. The molecule has 0 unspecified atom stereocenters. The molecular formula is C27H30F3N5O3. The minimum absolute atomic E-state index is 0.0444. The third kappa shape index (κ3) is 6.59. The zero-order valence-electron chi connectivity index (χ0n) is 21.3. The van der Waals surface area contributed by atoms with Crippen molar-refractivity contribution in [3.63, 3.8) is 0 Å². The van der Waals surface area contributed by atoms with Gasteiger partial charge >= 0.3 is 6.18 Å². The molecule has 0 atom stereocenters. The highest BCUT2D eigenvalue weighted by Gasteiger charge is 2.31. The first-order chi connectivity index (χ1) is 18.0. The number of nitrogens with two attached hydrogens (primary N) is 1. The molecule has 1 aliphatic rings. The van der Waals surface area contributed by atoms with E-state index >= 15 is 0 Å². The standard InChI is InChI=1S/C27H30F3N5O3/c1-33(2)11-12-34-13-15-35(16-14-34)26(37)23-24(19-5-3-18(4-6-19)17-22(31)36)38-25(32-23)20-7-9-21(10-8-20)27(28,29)30/h3-10H,11-17H2,1-2H3,(H2,31,36). The van der Waals surface area contributed by atoms with E-state index in [0.717, 1.165) is 38.3 Å². The minimum atomic E-state index is -4.47. The summed E-state index contributed by atoms with van der Waals surface area (Å²) in [6, 6.07) is 11.3. The van der Waals surface area contributed by atoms with Crippen LogP contribution in [0.15, 0.2) is 52.9 Å². The molecule has 11 heteroatoms. The second-order valence-electron chi connectivity index (χ2n) is 9.55. The van der Waals surface area contributed by atoms with E-state index in [9.17, 15) is 22.8 Å². The third-order valence-electron chi connectivity index (χ3n) is 6.41. The van der Waals surface area contributed by atoms with Crippen LogP contribution in [0.1, 0.15) is 21.6 Å². The van der Waals surface area contributed by atoms with Crippen molar-refractivity contribution in [2.75, 3.05) is 53.4 Å². The topological polar surface area (TPSA) is 95.9 Å². The van der Waals surface area contributed by atoms with Crippen LogP contribution >= 0.6 is 0 Å². The molecule has 0 radical (unpaired) electrons. The molecular weight excluding hydrogens is 499 g/mol. The van der Waals surface area contributed by atoms with Crippen LogP contribution < -0.4 is 5.73 Å². The van der Waals surface area contributed by atoms with Crippen LogP contribution in [0.5, 0.6) is 0 Å². The molecule has 1 saturated heterocycles. The number of hydrogen-bond acceptors (Lipinski definition) is 6. The number of amides is 2. The van der Waals surface area contributed by atoms with Gasteiger partial charge in [0.1, 0.15) is 0 Å². The number of halogens is 3. The first-order valence-corrected chi connectivity index (χ1v) is 12.2. The number of aromatic nitrogens is 1. The number of primary amides is 1. The molecule has 3 aromatic rings. The number of benzene rings is 2. The number of alkyl halides is 3. The predicted molar refractivity (Wildman–Crippen MR) is 136 cm³/mol. The van der Waals surface area contributed by atoms with Gasteiger partial charge in [-0.15, -0.1) is 0 Å². The number of likely N-dealkylation sites (N-methyl/N-ethyl adjacent to an activating group) is 1. The normalized spacial score (nSPS) is 14.7. The second kappa shape index (κ2) is 11.4. The van der Waals surface area contributed by atoms with Gasteiger partial charge in [0.2, 0.25) is 11.8 Å². The molecule has 0 saturated carbocycles. The van der Waals surface area contributed by atoms with Crippen molar-refractivity contribution >= 4 is 11.8 Å². The Labute approximate surface area is 218 Å². The van der Waals surface area contributed by atoms with E-state index in [1.807, 2.05) is 14.1 Å². The molecule has 202 valence electrons. The van der Waals surface area contributed by atoms with Crippen molar-refractivity contribution in [2.45, 2.75) is 12.6 Å². The summed E-state index contributed by atoms with van der Waals surface area (Å²) in [5.74, 6) is -0.522. The van der Waals surface area contributed by atoms with Crippen LogP contribution in [-0.2, 0) is 17.4 Å².